The Labute approximate surface area is 183 Å². The summed E-state index contributed by atoms with van der Waals surface area (Å²) in [6.07, 6.45) is 0.808. The fourth-order valence-electron chi connectivity index (χ4n) is 3.38. The number of benzene rings is 2. The molecule has 1 aromatic heterocycles. The summed E-state index contributed by atoms with van der Waals surface area (Å²) in [5, 5.41) is 12.4. The molecule has 1 aliphatic heterocycles. The molecule has 1 fully saturated rings. The van der Waals surface area contributed by atoms with Crippen LogP contribution in [0.1, 0.15) is 29.3 Å². The van der Waals surface area contributed by atoms with E-state index in [1.165, 1.54) is 11.3 Å². The normalized spacial score (nSPS) is 16.1. The fourth-order valence-corrected chi connectivity index (χ4v) is 5.11. The van der Waals surface area contributed by atoms with Crippen molar-refractivity contribution in [1.29, 1.82) is 0 Å². The number of anilines is 2. The van der Waals surface area contributed by atoms with Gasteiger partial charge in [-0.1, -0.05) is 47.7 Å². The highest BCUT2D eigenvalue weighted by Crippen LogP contribution is 2.35. The van der Waals surface area contributed by atoms with Crippen LogP contribution >= 0.6 is 23.1 Å². The Bertz CT molecular complexity index is 1040. The van der Waals surface area contributed by atoms with E-state index in [0.717, 1.165) is 21.2 Å². The predicted molar refractivity (Wildman–Crippen MR) is 121 cm³/mol. The highest BCUT2D eigenvalue weighted by atomic mass is 32.2. The van der Waals surface area contributed by atoms with Gasteiger partial charge in [0.1, 0.15) is 5.01 Å². The minimum atomic E-state index is -0.0785. The number of carbonyl (C=O) groups excluding carboxylic acids is 2. The summed E-state index contributed by atoms with van der Waals surface area (Å²) < 4.78 is 0. The Morgan fingerprint density at radius 3 is 2.73 bits per heavy atom. The number of hydrogen-bond donors (Lipinski definition) is 1. The Morgan fingerprint density at radius 1 is 1.17 bits per heavy atom. The first kappa shape index (κ1) is 20.6. The van der Waals surface area contributed by atoms with Gasteiger partial charge in [-0.05, 0) is 30.7 Å². The first-order chi connectivity index (χ1) is 14.6. The van der Waals surface area contributed by atoms with Gasteiger partial charge < -0.3 is 10.2 Å². The average Bonchev–Trinajstić information content (AvgIpc) is 3.36. The van der Waals surface area contributed by atoms with Crippen molar-refractivity contribution >= 4 is 45.7 Å². The molecule has 154 valence electrons. The molecule has 0 radical (unpaired) electrons. The van der Waals surface area contributed by atoms with E-state index in [4.69, 9.17) is 0 Å². The molecule has 0 spiro atoms. The topological polar surface area (TPSA) is 75.2 Å². The van der Waals surface area contributed by atoms with Crippen LogP contribution in [0, 0.1) is 6.92 Å². The third kappa shape index (κ3) is 4.88. The number of para-hydroxylation sites is 1. The highest BCUT2D eigenvalue weighted by molar-refractivity contribution is 7.99. The van der Waals surface area contributed by atoms with E-state index in [9.17, 15) is 9.59 Å². The van der Waals surface area contributed by atoms with Crippen LogP contribution in [0.4, 0.5) is 10.8 Å². The number of nitrogens with one attached hydrogen (secondary N) is 1. The molecule has 1 N–H and O–H groups in total. The van der Waals surface area contributed by atoms with Gasteiger partial charge in [0.25, 0.3) is 0 Å². The van der Waals surface area contributed by atoms with Crippen LogP contribution in [0.25, 0.3) is 0 Å². The molecule has 6 nitrogen and oxygen atoms in total. The van der Waals surface area contributed by atoms with Crippen molar-refractivity contribution in [2.45, 2.75) is 30.6 Å². The second-order valence-corrected chi connectivity index (χ2v) is 9.27. The van der Waals surface area contributed by atoms with Crippen molar-refractivity contribution in [3.05, 3.63) is 65.2 Å². The van der Waals surface area contributed by atoms with Crippen molar-refractivity contribution in [1.82, 2.24) is 10.2 Å². The van der Waals surface area contributed by atoms with Crippen molar-refractivity contribution in [3.63, 3.8) is 0 Å². The number of thioether (sulfide) groups is 1. The van der Waals surface area contributed by atoms with E-state index in [-0.39, 0.29) is 17.7 Å². The van der Waals surface area contributed by atoms with Gasteiger partial charge >= 0.3 is 0 Å². The lowest BCUT2D eigenvalue weighted by Crippen LogP contribution is -2.25. The summed E-state index contributed by atoms with van der Waals surface area (Å²) in [4.78, 5) is 27.7. The van der Waals surface area contributed by atoms with Crippen molar-refractivity contribution in [2.75, 3.05) is 22.5 Å². The first-order valence-electron chi connectivity index (χ1n) is 9.77. The van der Waals surface area contributed by atoms with E-state index >= 15 is 0 Å². The Kier molecular flexibility index (Phi) is 6.44. The van der Waals surface area contributed by atoms with Gasteiger partial charge in [0.2, 0.25) is 16.9 Å². The van der Waals surface area contributed by atoms with E-state index in [1.54, 1.807) is 11.8 Å². The lowest BCUT2D eigenvalue weighted by atomic mass is 10.1. The smallest absolute Gasteiger partial charge is 0.227 e. The van der Waals surface area contributed by atoms with Gasteiger partial charge in [-0.25, -0.2) is 0 Å². The van der Waals surface area contributed by atoms with Crippen molar-refractivity contribution < 1.29 is 9.59 Å². The van der Waals surface area contributed by atoms with Crippen LogP contribution in [-0.2, 0) is 9.59 Å². The van der Waals surface area contributed by atoms with E-state index in [1.807, 2.05) is 66.4 Å². The molecule has 2 amide bonds. The zero-order valence-electron chi connectivity index (χ0n) is 16.6. The predicted octanol–water partition coefficient (Wildman–Crippen LogP) is 4.49. The quantitative estimate of drug-likeness (QED) is 0.550. The number of carbonyl (C=O) groups is 2. The summed E-state index contributed by atoms with van der Waals surface area (Å²) in [7, 11) is 0. The standard InChI is InChI=1S/C22H22N4O2S2/c1-15-7-5-6-10-18(15)26-14-16(13-20(26)28)21-24-25-22(30-21)23-19(27)11-12-29-17-8-3-2-4-9-17/h2-10,16H,11-14H2,1H3,(H,23,25,27). The molecule has 1 aliphatic rings. The largest absolute Gasteiger partial charge is 0.311 e. The van der Waals surface area contributed by atoms with Crippen molar-refractivity contribution in [2.24, 2.45) is 0 Å². The van der Waals surface area contributed by atoms with Crippen LogP contribution in [0.3, 0.4) is 0 Å². The van der Waals surface area contributed by atoms with Crippen LogP contribution in [0.5, 0.6) is 0 Å². The molecule has 8 heteroatoms. The average molecular weight is 439 g/mol. The molecule has 1 unspecified atom stereocenters. The molecule has 30 heavy (non-hydrogen) atoms. The monoisotopic (exact) mass is 438 g/mol. The Hall–Kier alpha value is -2.71. The molecule has 0 aliphatic carbocycles. The molecule has 1 atom stereocenters. The number of hydrogen-bond acceptors (Lipinski definition) is 6. The molecular weight excluding hydrogens is 416 g/mol. The van der Waals surface area contributed by atoms with Gasteiger partial charge in [-0.3, -0.25) is 9.59 Å². The third-order valence-electron chi connectivity index (χ3n) is 4.91. The van der Waals surface area contributed by atoms with E-state index < -0.39 is 0 Å². The van der Waals surface area contributed by atoms with Crippen molar-refractivity contribution in [3.8, 4) is 0 Å². The molecule has 2 aromatic carbocycles. The summed E-state index contributed by atoms with van der Waals surface area (Å²) in [6, 6.07) is 17.9. The number of aromatic nitrogens is 2. The lowest BCUT2D eigenvalue weighted by Gasteiger charge is -2.18. The molecule has 4 rings (SSSR count). The lowest BCUT2D eigenvalue weighted by molar-refractivity contribution is -0.117. The second-order valence-electron chi connectivity index (χ2n) is 7.10. The summed E-state index contributed by atoms with van der Waals surface area (Å²) in [6.45, 7) is 2.59. The molecule has 1 saturated heterocycles. The van der Waals surface area contributed by atoms with Gasteiger partial charge in [0, 0.05) is 41.6 Å². The minimum Gasteiger partial charge on any atom is -0.311 e. The minimum absolute atomic E-state index is 0.00565. The van der Waals surface area contributed by atoms with Crippen LogP contribution in [0.2, 0.25) is 0 Å². The molecule has 2 heterocycles. The van der Waals surface area contributed by atoms with Crippen LogP contribution in [-0.4, -0.2) is 34.3 Å². The Balaban J connectivity index is 1.31. The fraction of sp³-hybridized carbons (Fsp3) is 0.273. The van der Waals surface area contributed by atoms with E-state index in [0.29, 0.717) is 30.3 Å². The number of aryl methyl sites for hydroxylation is 1. The van der Waals surface area contributed by atoms with Gasteiger partial charge in [-0.2, -0.15) is 0 Å². The molecule has 3 aromatic rings. The van der Waals surface area contributed by atoms with Gasteiger partial charge in [0.15, 0.2) is 0 Å². The van der Waals surface area contributed by atoms with Crippen LogP contribution in [0.15, 0.2) is 59.5 Å². The molecular formula is C22H22N4O2S2. The highest BCUT2D eigenvalue weighted by Gasteiger charge is 2.34. The summed E-state index contributed by atoms with van der Waals surface area (Å²) in [5.74, 6) is 0.705. The maximum absolute atomic E-state index is 12.5. The Morgan fingerprint density at radius 2 is 1.93 bits per heavy atom. The van der Waals surface area contributed by atoms with Crippen LogP contribution < -0.4 is 10.2 Å². The van der Waals surface area contributed by atoms with Gasteiger partial charge in [0.05, 0.1) is 0 Å². The maximum Gasteiger partial charge on any atom is 0.227 e. The third-order valence-corrected chi connectivity index (χ3v) is 6.92. The number of rotatable bonds is 7. The van der Waals surface area contributed by atoms with Gasteiger partial charge in [-0.15, -0.1) is 22.0 Å². The summed E-state index contributed by atoms with van der Waals surface area (Å²) in [5.41, 5.74) is 2.02. The second kappa shape index (κ2) is 9.40. The zero-order valence-corrected chi connectivity index (χ0v) is 18.2. The van der Waals surface area contributed by atoms with E-state index in [2.05, 4.69) is 15.5 Å². The molecule has 0 bridgehead atoms. The zero-order chi connectivity index (χ0) is 20.9. The number of nitrogens with zero attached hydrogens (tertiary/aromatic N) is 3. The molecule has 0 saturated carbocycles. The SMILES string of the molecule is Cc1ccccc1N1CC(c2nnc(NC(=O)CCSc3ccccc3)s2)CC1=O. The summed E-state index contributed by atoms with van der Waals surface area (Å²) >= 11 is 3.00. The number of amides is 2. The maximum atomic E-state index is 12.5. The first-order valence-corrected chi connectivity index (χ1v) is 11.6.